The maximum absolute atomic E-state index is 13.8. The van der Waals surface area contributed by atoms with Crippen molar-refractivity contribution in [1.82, 2.24) is 9.13 Å². The first-order chi connectivity index (χ1) is 14.9. The molecule has 0 saturated heterocycles. The molecule has 0 amide bonds. The van der Waals surface area contributed by atoms with E-state index in [0.29, 0.717) is 16.9 Å². The molecule has 0 fully saturated rings. The van der Waals surface area contributed by atoms with E-state index in [1.165, 1.54) is 15.9 Å². The smallest absolute Gasteiger partial charge is 0.287 e. The van der Waals surface area contributed by atoms with Crippen LogP contribution in [-0.2, 0) is 6.54 Å². The van der Waals surface area contributed by atoms with Crippen LogP contribution >= 0.6 is 11.3 Å². The molecule has 5 rings (SSSR count). The third kappa shape index (κ3) is 3.22. The third-order valence-electron chi connectivity index (χ3n) is 5.83. The number of hydrogen-bond acceptors (Lipinski definition) is 3. The molecule has 0 aliphatic rings. The third-order valence-corrected chi connectivity index (χ3v) is 6.98. The molecule has 0 atom stereocenters. The Balaban J connectivity index is 1.89. The zero-order valence-electron chi connectivity index (χ0n) is 17.7. The molecule has 3 aromatic carbocycles. The molecule has 5 heteroatoms. The van der Waals surface area contributed by atoms with Crippen molar-refractivity contribution in [2.45, 2.75) is 27.3 Å². The number of nitrogens with zero attached hydrogens (tertiary/aromatic N) is 2. The van der Waals surface area contributed by atoms with Crippen molar-refractivity contribution in [3.8, 4) is 5.69 Å². The Bertz CT molecular complexity index is 1590. The normalized spacial score (nSPS) is 11.5. The number of hydrogen-bond donors (Lipinski definition) is 0. The molecule has 2 aromatic heterocycles. The predicted octanol–water partition coefficient (Wildman–Crippen LogP) is 5.34. The standard InChI is InChI=1S/C26H22N2O2S/c1-16-7-6-8-19(13-16)15-27-23-21-9-4-5-10-22(21)31-24(23)25(29)28(26(27)30)20-12-11-17(2)18(3)14-20/h4-14H,15H2,1-3H3. The summed E-state index contributed by atoms with van der Waals surface area (Å²) in [6.07, 6.45) is 0. The van der Waals surface area contributed by atoms with Crippen LogP contribution in [0.4, 0.5) is 0 Å². The fourth-order valence-electron chi connectivity index (χ4n) is 4.08. The van der Waals surface area contributed by atoms with Gasteiger partial charge in [-0.2, -0.15) is 0 Å². The van der Waals surface area contributed by atoms with Crippen LogP contribution in [0.1, 0.15) is 22.3 Å². The van der Waals surface area contributed by atoms with Gasteiger partial charge in [-0.3, -0.25) is 9.36 Å². The van der Waals surface area contributed by atoms with E-state index < -0.39 is 0 Å². The number of aromatic nitrogens is 2. The lowest BCUT2D eigenvalue weighted by Gasteiger charge is -2.14. The Labute approximate surface area is 183 Å². The first kappa shape index (κ1) is 19.5. The first-order valence-electron chi connectivity index (χ1n) is 10.2. The van der Waals surface area contributed by atoms with Crippen LogP contribution in [0.2, 0.25) is 0 Å². The highest BCUT2D eigenvalue weighted by Crippen LogP contribution is 2.31. The molecule has 0 saturated carbocycles. The lowest BCUT2D eigenvalue weighted by molar-refractivity contribution is 0.717. The molecule has 0 radical (unpaired) electrons. The minimum absolute atomic E-state index is 0.259. The van der Waals surface area contributed by atoms with Gasteiger partial charge < -0.3 is 0 Å². The van der Waals surface area contributed by atoms with E-state index in [4.69, 9.17) is 0 Å². The van der Waals surface area contributed by atoms with Gasteiger partial charge in [0.25, 0.3) is 5.56 Å². The van der Waals surface area contributed by atoms with E-state index in [0.717, 1.165) is 37.9 Å². The Morgan fingerprint density at radius 3 is 2.42 bits per heavy atom. The molecule has 0 unspecified atom stereocenters. The van der Waals surface area contributed by atoms with Crippen LogP contribution < -0.4 is 11.2 Å². The van der Waals surface area contributed by atoms with Crippen molar-refractivity contribution in [3.63, 3.8) is 0 Å². The van der Waals surface area contributed by atoms with Gasteiger partial charge in [0.2, 0.25) is 0 Å². The molecule has 31 heavy (non-hydrogen) atoms. The summed E-state index contributed by atoms with van der Waals surface area (Å²) in [6.45, 7) is 6.46. The maximum Gasteiger partial charge on any atom is 0.336 e. The molecule has 0 bridgehead atoms. The molecule has 0 aliphatic heterocycles. The lowest BCUT2D eigenvalue weighted by atomic mass is 10.1. The highest BCUT2D eigenvalue weighted by Gasteiger charge is 2.19. The molecule has 0 N–H and O–H groups in total. The van der Waals surface area contributed by atoms with Gasteiger partial charge >= 0.3 is 5.69 Å². The van der Waals surface area contributed by atoms with Gasteiger partial charge in [0.15, 0.2) is 0 Å². The van der Waals surface area contributed by atoms with E-state index in [2.05, 4.69) is 6.07 Å². The largest absolute Gasteiger partial charge is 0.336 e. The fourth-order valence-corrected chi connectivity index (χ4v) is 5.22. The van der Waals surface area contributed by atoms with Crippen LogP contribution in [0, 0.1) is 20.8 Å². The summed E-state index contributed by atoms with van der Waals surface area (Å²) in [4.78, 5) is 27.3. The summed E-state index contributed by atoms with van der Waals surface area (Å²) >= 11 is 1.45. The van der Waals surface area contributed by atoms with Crippen LogP contribution in [-0.4, -0.2) is 9.13 Å². The molecule has 5 aromatic rings. The zero-order valence-corrected chi connectivity index (χ0v) is 18.5. The van der Waals surface area contributed by atoms with E-state index in [9.17, 15) is 9.59 Å². The quantitative estimate of drug-likeness (QED) is 0.391. The number of rotatable bonds is 3. The second-order valence-electron chi connectivity index (χ2n) is 8.04. The number of aryl methyl sites for hydroxylation is 3. The first-order valence-corrected chi connectivity index (χ1v) is 11.1. The highest BCUT2D eigenvalue weighted by atomic mass is 32.1. The number of thiophene rings is 1. The summed E-state index contributed by atoms with van der Waals surface area (Å²) in [5, 5.41) is 0.941. The number of fused-ring (bicyclic) bond motifs is 3. The average Bonchev–Trinajstić information content (AvgIpc) is 3.14. The van der Waals surface area contributed by atoms with Gasteiger partial charge in [-0.15, -0.1) is 11.3 Å². The molecular formula is C26H22N2O2S. The van der Waals surface area contributed by atoms with Crippen molar-refractivity contribution in [1.29, 1.82) is 0 Å². The van der Waals surface area contributed by atoms with Crippen LogP contribution in [0.25, 0.3) is 26.0 Å². The van der Waals surface area contributed by atoms with Crippen LogP contribution in [0.15, 0.2) is 76.3 Å². The van der Waals surface area contributed by atoms with Gasteiger partial charge in [0, 0.05) is 10.1 Å². The Morgan fingerprint density at radius 2 is 1.65 bits per heavy atom. The Morgan fingerprint density at radius 1 is 0.839 bits per heavy atom. The molecule has 2 heterocycles. The Hall–Kier alpha value is -3.44. The van der Waals surface area contributed by atoms with E-state index in [-0.39, 0.29) is 11.2 Å². The molecule has 0 aliphatic carbocycles. The van der Waals surface area contributed by atoms with Crippen molar-refractivity contribution in [2.24, 2.45) is 0 Å². The predicted molar refractivity (Wildman–Crippen MR) is 129 cm³/mol. The Kier molecular flexibility index (Phi) is 4.63. The van der Waals surface area contributed by atoms with Crippen molar-refractivity contribution < 1.29 is 0 Å². The fraction of sp³-hybridized carbons (Fsp3) is 0.154. The summed E-state index contributed by atoms with van der Waals surface area (Å²) < 4.78 is 4.68. The van der Waals surface area contributed by atoms with Crippen molar-refractivity contribution in [3.05, 3.63) is 110 Å². The maximum atomic E-state index is 13.8. The topological polar surface area (TPSA) is 44.0 Å². The summed E-state index contributed by atoms with van der Waals surface area (Å²) in [5.74, 6) is 0. The lowest BCUT2D eigenvalue weighted by Crippen LogP contribution is -2.38. The highest BCUT2D eigenvalue weighted by molar-refractivity contribution is 7.25. The van der Waals surface area contributed by atoms with E-state index in [1.807, 2.05) is 81.4 Å². The molecule has 0 spiro atoms. The molecule has 4 nitrogen and oxygen atoms in total. The van der Waals surface area contributed by atoms with Gasteiger partial charge in [-0.25, -0.2) is 9.36 Å². The van der Waals surface area contributed by atoms with Gasteiger partial charge in [-0.05, 0) is 55.7 Å². The SMILES string of the molecule is Cc1cccc(Cn2c(=O)n(-c3ccc(C)c(C)c3)c(=O)c3sc4ccccc4c32)c1. The molecular weight excluding hydrogens is 404 g/mol. The van der Waals surface area contributed by atoms with Gasteiger partial charge in [0.1, 0.15) is 4.70 Å². The minimum Gasteiger partial charge on any atom is -0.287 e. The van der Waals surface area contributed by atoms with E-state index in [1.54, 1.807) is 4.57 Å². The summed E-state index contributed by atoms with van der Waals surface area (Å²) in [6, 6.07) is 21.8. The second-order valence-corrected chi connectivity index (χ2v) is 9.10. The zero-order chi connectivity index (χ0) is 21.7. The van der Waals surface area contributed by atoms with Crippen molar-refractivity contribution in [2.75, 3.05) is 0 Å². The monoisotopic (exact) mass is 426 g/mol. The van der Waals surface area contributed by atoms with Crippen molar-refractivity contribution >= 4 is 31.6 Å². The van der Waals surface area contributed by atoms with E-state index >= 15 is 0 Å². The van der Waals surface area contributed by atoms with Crippen LogP contribution in [0.3, 0.4) is 0 Å². The summed E-state index contributed by atoms with van der Waals surface area (Å²) in [7, 11) is 0. The summed E-state index contributed by atoms with van der Waals surface area (Å²) in [5.41, 5.74) is 5.09. The minimum atomic E-state index is -0.314. The van der Waals surface area contributed by atoms with Gasteiger partial charge in [-0.1, -0.05) is 54.1 Å². The van der Waals surface area contributed by atoms with Crippen LogP contribution in [0.5, 0.6) is 0 Å². The average molecular weight is 427 g/mol. The molecule has 154 valence electrons. The van der Waals surface area contributed by atoms with Gasteiger partial charge in [0.05, 0.1) is 17.7 Å². The second kappa shape index (κ2) is 7.36. The number of benzene rings is 3.